The number of hydrogen-bond acceptors (Lipinski definition) is 6. The number of benzene rings is 14. The molecule has 0 saturated heterocycles. The van der Waals surface area contributed by atoms with Crippen LogP contribution in [0.1, 0.15) is 49.9 Å². The zero-order valence-electron chi connectivity index (χ0n) is 58.9. The van der Waals surface area contributed by atoms with Gasteiger partial charge >= 0.3 is 0 Å². The molecule has 14 aromatic carbocycles. The van der Waals surface area contributed by atoms with E-state index in [2.05, 4.69) is 356 Å². The molecule has 1 N–H and O–H groups in total. The van der Waals surface area contributed by atoms with Crippen LogP contribution in [0.2, 0.25) is 5.02 Å². The number of rotatable bonds is 13. The van der Waals surface area contributed by atoms with Gasteiger partial charge in [-0.15, -0.1) is 0 Å². The molecule has 2 aliphatic rings. The Morgan fingerprint density at radius 3 is 1.03 bits per heavy atom. The van der Waals surface area contributed by atoms with Gasteiger partial charge in [0.15, 0.2) is 0 Å². The molecule has 0 fully saturated rings. The third-order valence-electron chi connectivity index (χ3n) is 20.4. The van der Waals surface area contributed by atoms with Gasteiger partial charge in [-0.05, 0) is 174 Å². The fraction of sp³-hybridized carbons (Fsp3) is 0.0612. The maximum Gasteiger partial charge on any atom is 0.116 e. The first-order valence-electron chi connectivity index (χ1n) is 35.6. The summed E-state index contributed by atoms with van der Waals surface area (Å²) in [6.45, 7) is 9.30. The molecular formula is C98H75ClN6. The zero-order valence-corrected chi connectivity index (χ0v) is 59.7. The van der Waals surface area contributed by atoms with Crippen LogP contribution in [-0.2, 0) is 10.8 Å². The molecule has 16 aromatic rings. The molecule has 2 aromatic heterocycles. The van der Waals surface area contributed by atoms with Crippen molar-refractivity contribution in [2.24, 2.45) is 0 Å². The van der Waals surface area contributed by atoms with Crippen molar-refractivity contribution in [2.75, 3.05) is 10.2 Å². The average molecular weight is 1370 g/mol. The third kappa shape index (κ3) is 14.0. The van der Waals surface area contributed by atoms with Gasteiger partial charge in [0.1, 0.15) is 12.7 Å². The predicted molar refractivity (Wildman–Crippen MR) is 439 cm³/mol. The SMILES string of the molecule is CC1(C)c2ccccc2-c2ccc(N(c3ccc(-c4ccccc4)cc3)c3cccc(-c4cc(-c5ccc(-c6ccccc6)cc5)ncn4)c3)cc21.CC1(C)c2ccccc2-c2ccc(Nc3ccc(-c4ccccc4)cc3)cc21.Clc1cccc(-c2cc(-c3ccc(-c4ccccc4)cc3)ncn2)c1. The molecule has 7 heteroatoms. The molecule has 0 spiro atoms. The third-order valence-corrected chi connectivity index (χ3v) is 20.6. The van der Waals surface area contributed by atoms with Crippen LogP contribution in [0.5, 0.6) is 0 Å². The van der Waals surface area contributed by atoms with E-state index in [0.29, 0.717) is 5.02 Å². The van der Waals surface area contributed by atoms with Crippen LogP contribution in [0.4, 0.5) is 28.4 Å². The molecule has 0 bridgehead atoms. The Labute approximate surface area is 620 Å². The van der Waals surface area contributed by atoms with Crippen molar-refractivity contribution in [3.05, 3.63) is 404 Å². The van der Waals surface area contributed by atoms with Crippen molar-refractivity contribution in [3.8, 4) is 112 Å². The second-order valence-electron chi connectivity index (χ2n) is 27.7. The van der Waals surface area contributed by atoms with Crippen molar-refractivity contribution < 1.29 is 0 Å². The molecule has 6 nitrogen and oxygen atoms in total. The van der Waals surface area contributed by atoms with Crippen LogP contribution in [0.3, 0.4) is 0 Å². The van der Waals surface area contributed by atoms with Crippen molar-refractivity contribution in [3.63, 3.8) is 0 Å². The summed E-state index contributed by atoms with van der Waals surface area (Å²) in [4.78, 5) is 20.6. The molecule has 2 heterocycles. The summed E-state index contributed by atoms with van der Waals surface area (Å²) in [5, 5.41) is 4.28. The highest BCUT2D eigenvalue weighted by molar-refractivity contribution is 6.30. The smallest absolute Gasteiger partial charge is 0.116 e. The molecule has 105 heavy (non-hydrogen) atoms. The Hall–Kier alpha value is -12.9. The van der Waals surface area contributed by atoms with Crippen molar-refractivity contribution in [1.29, 1.82) is 0 Å². The molecule has 18 rings (SSSR count). The highest BCUT2D eigenvalue weighted by atomic mass is 35.5. The van der Waals surface area contributed by atoms with E-state index in [1.54, 1.807) is 12.7 Å². The van der Waals surface area contributed by atoms with E-state index < -0.39 is 0 Å². The number of fused-ring (bicyclic) bond motifs is 6. The number of aromatic nitrogens is 4. The number of nitrogens with zero attached hydrogens (tertiary/aromatic N) is 5. The fourth-order valence-corrected chi connectivity index (χ4v) is 15.0. The zero-order chi connectivity index (χ0) is 71.3. The van der Waals surface area contributed by atoms with E-state index in [-0.39, 0.29) is 10.8 Å². The van der Waals surface area contributed by atoms with Crippen molar-refractivity contribution in [1.82, 2.24) is 19.9 Å². The summed E-state index contributed by atoms with van der Waals surface area (Å²) < 4.78 is 0. The van der Waals surface area contributed by atoms with Crippen LogP contribution in [-0.4, -0.2) is 19.9 Å². The van der Waals surface area contributed by atoms with E-state index in [1.807, 2.05) is 60.7 Å². The monoisotopic (exact) mass is 1370 g/mol. The van der Waals surface area contributed by atoms with E-state index in [4.69, 9.17) is 16.6 Å². The predicted octanol–water partition coefficient (Wildman–Crippen LogP) is 26.5. The van der Waals surface area contributed by atoms with Gasteiger partial charge in [-0.25, -0.2) is 19.9 Å². The van der Waals surface area contributed by atoms with Gasteiger partial charge in [0.25, 0.3) is 0 Å². The lowest BCUT2D eigenvalue weighted by Crippen LogP contribution is -2.16. The van der Waals surface area contributed by atoms with Gasteiger partial charge in [-0.1, -0.05) is 318 Å². The van der Waals surface area contributed by atoms with Gasteiger partial charge < -0.3 is 10.2 Å². The Morgan fingerprint density at radius 1 is 0.238 bits per heavy atom. The second kappa shape index (κ2) is 29.2. The van der Waals surface area contributed by atoms with Crippen LogP contribution in [0, 0.1) is 0 Å². The minimum atomic E-state index is -0.108. The van der Waals surface area contributed by atoms with Gasteiger partial charge in [-0.2, -0.15) is 0 Å². The maximum atomic E-state index is 6.08. The maximum absolute atomic E-state index is 6.08. The van der Waals surface area contributed by atoms with Gasteiger partial charge in [-0.3, -0.25) is 0 Å². The fourth-order valence-electron chi connectivity index (χ4n) is 14.8. The lowest BCUT2D eigenvalue weighted by Gasteiger charge is -2.28. The minimum Gasteiger partial charge on any atom is -0.356 e. The van der Waals surface area contributed by atoms with Crippen LogP contribution >= 0.6 is 11.6 Å². The topological polar surface area (TPSA) is 66.8 Å². The van der Waals surface area contributed by atoms with Crippen molar-refractivity contribution >= 4 is 40.0 Å². The second-order valence-corrected chi connectivity index (χ2v) is 28.1. The van der Waals surface area contributed by atoms with E-state index in [0.717, 1.165) is 73.5 Å². The average Bonchev–Trinajstić information content (AvgIpc) is 1.58. The molecule has 504 valence electrons. The Kier molecular flexibility index (Phi) is 18.6. The molecule has 0 atom stereocenters. The summed E-state index contributed by atoms with van der Waals surface area (Å²) >= 11 is 6.08. The largest absolute Gasteiger partial charge is 0.356 e. The van der Waals surface area contributed by atoms with Crippen LogP contribution < -0.4 is 10.2 Å². The van der Waals surface area contributed by atoms with Crippen LogP contribution in [0.25, 0.3) is 112 Å². The Balaban J connectivity index is 0.000000134. The number of anilines is 5. The Bertz CT molecular complexity index is 5730. The van der Waals surface area contributed by atoms with E-state index in [1.165, 1.54) is 89.0 Å². The number of hydrogen-bond donors (Lipinski definition) is 1. The lowest BCUT2D eigenvalue weighted by atomic mass is 9.82. The van der Waals surface area contributed by atoms with E-state index in [9.17, 15) is 0 Å². The summed E-state index contributed by atoms with van der Waals surface area (Å²) in [5.41, 5.74) is 33.6. The van der Waals surface area contributed by atoms with Gasteiger partial charge in [0.2, 0.25) is 0 Å². The Morgan fingerprint density at radius 2 is 0.562 bits per heavy atom. The normalized spacial score (nSPS) is 12.4. The summed E-state index contributed by atoms with van der Waals surface area (Å²) in [6.07, 6.45) is 3.26. The highest BCUT2D eigenvalue weighted by Gasteiger charge is 2.37. The molecule has 0 aliphatic heterocycles. The van der Waals surface area contributed by atoms with Gasteiger partial charge in [0, 0.05) is 66.5 Å². The molecule has 0 unspecified atom stereocenters. The minimum absolute atomic E-state index is 0.0286. The van der Waals surface area contributed by atoms with Crippen LogP contribution in [0.15, 0.2) is 377 Å². The molecule has 2 aliphatic carbocycles. The number of nitrogens with one attached hydrogen (secondary N) is 1. The molecule has 0 radical (unpaired) electrons. The first kappa shape index (κ1) is 66.7. The molecule has 0 saturated carbocycles. The summed E-state index contributed by atoms with van der Waals surface area (Å²) in [7, 11) is 0. The highest BCUT2D eigenvalue weighted by Crippen LogP contribution is 2.52. The van der Waals surface area contributed by atoms with Crippen molar-refractivity contribution in [2.45, 2.75) is 38.5 Å². The molecular weight excluding hydrogens is 1300 g/mol. The number of halogens is 1. The summed E-state index contributed by atoms with van der Waals surface area (Å²) in [6, 6.07) is 128. The first-order chi connectivity index (χ1) is 51.4. The first-order valence-corrected chi connectivity index (χ1v) is 36.0. The van der Waals surface area contributed by atoms with E-state index >= 15 is 0 Å². The quantitative estimate of drug-likeness (QED) is 0.124. The van der Waals surface area contributed by atoms with Gasteiger partial charge in [0.05, 0.1) is 22.8 Å². The summed E-state index contributed by atoms with van der Waals surface area (Å²) in [5.74, 6) is 0. The molecule has 0 amide bonds. The lowest BCUT2D eigenvalue weighted by molar-refractivity contribution is 0.660. The standard InChI is InChI=1S/C49H37N3.C27H23N.C22H15ClN2/c1-49(2)45-19-10-9-18-43(45)44-29-28-42(31-46(44)49)52(40-26-24-37(25-27-40)35-14-7-4-8-15-35)41-17-11-16-39(30-41)48-32-47(50-33-51-48)38-22-20-36(21-23-38)34-12-5-3-6-13-34;1-27(2)25-11-7-6-10-23(25)24-17-16-22(18-26(24)27)28-21-14-12-20(13-15-21)19-8-4-3-5-9-19;23-20-8-4-7-19(13-20)22-14-21(24-15-25-22)18-11-9-17(10-12-18)16-5-2-1-3-6-16/h3-33H,1-2H3;3-18,28H,1-2H3;1-15H.